The largest absolute Gasteiger partial charge is 0.494 e. The van der Waals surface area contributed by atoms with Gasteiger partial charge in [-0.15, -0.1) is 11.3 Å². The molecule has 96 valence electrons. The van der Waals surface area contributed by atoms with Crippen molar-refractivity contribution >= 4 is 28.6 Å². The summed E-state index contributed by atoms with van der Waals surface area (Å²) in [5.74, 6) is -0.134. The number of anilines is 1. The first-order chi connectivity index (χ1) is 8.60. The maximum Gasteiger partial charge on any atom is 0.167 e. The highest BCUT2D eigenvalue weighted by Gasteiger charge is 2.09. The van der Waals surface area contributed by atoms with Gasteiger partial charge in [0.1, 0.15) is 0 Å². The second kappa shape index (κ2) is 5.59. The first-order valence-corrected chi connectivity index (χ1v) is 6.70. The Morgan fingerprint density at radius 2 is 2.17 bits per heavy atom. The quantitative estimate of drug-likeness (QED) is 0.877. The number of ether oxygens (including phenoxy) is 1. The van der Waals surface area contributed by atoms with E-state index in [1.807, 2.05) is 18.4 Å². The van der Waals surface area contributed by atoms with Crippen LogP contribution in [-0.2, 0) is 0 Å². The molecule has 1 aromatic heterocycles. The predicted octanol–water partition coefficient (Wildman–Crippen LogP) is 4.72. The molecule has 0 amide bonds. The Morgan fingerprint density at radius 3 is 2.72 bits per heavy atom. The first kappa shape index (κ1) is 13.2. The number of hydrogen-bond acceptors (Lipinski definition) is 3. The maximum atomic E-state index is 13.5. The fraction of sp³-hybridized carbons (Fsp3) is 0.231. The van der Waals surface area contributed by atoms with Crippen LogP contribution in [-0.4, -0.2) is 7.11 Å². The lowest BCUT2D eigenvalue weighted by Gasteiger charge is -2.14. The van der Waals surface area contributed by atoms with E-state index in [1.54, 1.807) is 12.1 Å². The van der Waals surface area contributed by atoms with Crippen LogP contribution in [0.1, 0.15) is 18.5 Å². The summed E-state index contributed by atoms with van der Waals surface area (Å²) in [6.45, 7) is 2.00. The monoisotopic (exact) mass is 285 g/mol. The fourth-order valence-electron chi connectivity index (χ4n) is 1.64. The van der Waals surface area contributed by atoms with Crippen LogP contribution in [0.25, 0.3) is 0 Å². The molecule has 0 bridgehead atoms. The van der Waals surface area contributed by atoms with Gasteiger partial charge in [-0.05, 0) is 36.1 Å². The molecule has 1 atom stereocenters. The number of benzene rings is 1. The van der Waals surface area contributed by atoms with Crippen LogP contribution in [0.5, 0.6) is 5.75 Å². The van der Waals surface area contributed by atoms with Crippen LogP contribution in [0, 0.1) is 5.82 Å². The van der Waals surface area contributed by atoms with Gasteiger partial charge >= 0.3 is 0 Å². The number of nitrogens with one attached hydrogen (secondary N) is 1. The van der Waals surface area contributed by atoms with Crippen molar-refractivity contribution in [2.75, 3.05) is 12.4 Å². The van der Waals surface area contributed by atoms with Crippen molar-refractivity contribution in [2.45, 2.75) is 13.0 Å². The average molecular weight is 286 g/mol. The van der Waals surface area contributed by atoms with Gasteiger partial charge in [0, 0.05) is 17.8 Å². The molecule has 2 nitrogen and oxygen atoms in total. The van der Waals surface area contributed by atoms with Gasteiger partial charge in [0.15, 0.2) is 11.6 Å². The molecule has 5 heteroatoms. The highest BCUT2D eigenvalue weighted by molar-refractivity contribution is 7.14. The minimum absolute atomic E-state index is 0.0709. The lowest BCUT2D eigenvalue weighted by atomic mass is 10.1. The molecule has 2 rings (SSSR count). The third kappa shape index (κ3) is 2.94. The minimum atomic E-state index is -0.377. The Balaban J connectivity index is 2.12. The summed E-state index contributed by atoms with van der Waals surface area (Å²) in [5, 5.41) is 5.20. The summed E-state index contributed by atoms with van der Waals surface area (Å²) < 4.78 is 19.1. The lowest BCUT2D eigenvalue weighted by molar-refractivity contribution is 0.386. The normalized spacial score (nSPS) is 12.2. The summed E-state index contributed by atoms with van der Waals surface area (Å²) in [7, 11) is 1.45. The van der Waals surface area contributed by atoms with Crippen molar-refractivity contribution < 1.29 is 9.13 Å². The maximum absolute atomic E-state index is 13.5. The van der Waals surface area contributed by atoms with Gasteiger partial charge in [0.2, 0.25) is 0 Å². The van der Waals surface area contributed by atoms with Crippen LogP contribution in [0.15, 0.2) is 29.6 Å². The molecule has 0 spiro atoms. The zero-order valence-corrected chi connectivity index (χ0v) is 11.6. The van der Waals surface area contributed by atoms with Gasteiger partial charge in [-0.1, -0.05) is 11.6 Å². The number of hydrogen-bond donors (Lipinski definition) is 1. The average Bonchev–Trinajstić information content (AvgIpc) is 2.76. The zero-order valence-electron chi connectivity index (χ0n) is 10.0. The molecule has 0 fully saturated rings. The molecule has 0 saturated carbocycles. The summed E-state index contributed by atoms with van der Waals surface area (Å²) in [6.07, 6.45) is 0. The van der Waals surface area contributed by atoms with Crippen LogP contribution in [0.3, 0.4) is 0 Å². The molecule has 0 aliphatic heterocycles. The molecule has 1 unspecified atom stereocenters. The topological polar surface area (TPSA) is 21.3 Å². The summed E-state index contributed by atoms with van der Waals surface area (Å²) in [5.41, 5.74) is 1.80. The van der Waals surface area contributed by atoms with Gasteiger partial charge in [-0.3, -0.25) is 0 Å². The molecule has 1 heterocycles. The molecule has 0 aliphatic carbocycles. The molecule has 0 saturated heterocycles. The molecule has 0 radical (unpaired) electrons. The van der Waals surface area contributed by atoms with Crippen LogP contribution in [0.4, 0.5) is 10.1 Å². The van der Waals surface area contributed by atoms with E-state index < -0.39 is 0 Å². The Hall–Kier alpha value is -1.26. The van der Waals surface area contributed by atoms with E-state index in [9.17, 15) is 4.39 Å². The van der Waals surface area contributed by atoms with E-state index in [0.29, 0.717) is 5.69 Å². The van der Waals surface area contributed by atoms with Gasteiger partial charge in [0.05, 0.1) is 11.4 Å². The van der Waals surface area contributed by atoms with Crippen LogP contribution >= 0.6 is 22.9 Å². The summed E-state index contributed by atoms with van der Waals surface area (Å²) >= 11 is 7.37. The molecule has 18 heavy (non-hydrogen) atoms. The minimum Gasteiger partial charge on any atom is -0.494 e. The predicted molar refractivity (Wildman–Crippen MR) is 74.3 cm³/mol. The Labute approximate surface area is 114 Å². The van der Waals surface area contributed by atoms with Crippen molar-refractivity contribution in [1.82, 2.24) is 0 Å². The standard InChI is InChI=1S/C13H13ClFNOS/c1-8(9-5-13(14)18-7-9)16-10-3-4-12(17-2)11(15)6-10/h3-8,16H,1-2H3. The van der Waals surface area contributed by atoms with E-state index in [4.69, 9.17) is 16.3 Å². The van der Waals surface area contributed by atoms with E-state index >= 15 is 0 Å². The van der Waals surface area contributed by atoms with E-state index in [2.05, 4.69) is 5.32 Å². The van der Waals surface area contributed by atoms with Crippen molar-refractivity contribution in [3.63, 3.8) is 0 Å². The molecule has 0 aliphatic rings. The van der Waals surface area contributed by atoms with Gasteiger partial charge in [-0.25, -0.2) is 4.39 Å². The molecule has 2 aromatic rings. The van der Waals surface area contributed by atoms with E-state index in [1.165, 1.54) is 24.5 Å². The molecule has 1 N–H and O–H groups in total. The molecular weight excluding hydrogens is 273 g/mol. The van der Waals surface area contributed by atoms with Crippen molar-refractivity contribution in [3.8, 4) is 5.75 Å². The third-order valence-electron chi connectivity index (χ3n) is 2.62. The highest BCUT2D eigenvalue weighted by Crippen LogP contribution is 2.28. The van der Waals surface area contributed by atoms with Gasteiger partial charge in [0.25, 0.3) is 0 Å². The van der Waals surface area contributed by atoms with Crippen molar-refractivity contribution in [2.24, 2.45) is 0 Å². The SMILES string of the molecule is COc1ccc(NC(C)c2csc(Cl)c2)cc1F. The summed E-state index contributed by atoms with van der Waals surface area (Å²) in [4.78, 5) is 0. The van der Waals surface area contributed by atoms with Gasteiger partial charge in [-0.2, -0.15) is 0 Å². The first-order valence-electron chi connectivity index (χ1n) is 5.44. The van der Waals surface area contributed by atoms with Crippen molar-refractivity contribution in [1.29, 1.82) is 0 Å². The van der Waals surface area contributed by atoms with Crippen LogP contribution in [0.2, 0.25) is 4.34 Å². The summed E-state index contributed by atoms with van der Waals surface area (Å²) in [6, 6.07) is 6.78. The second-order valence-electron chi connectivity index (χ2n) is 3.90. The smallest absolute Gasteiger partial charge is 0.167 e. The zero-order chi connectivity index (χ0) is 13.1. The van der Waals surface area contributed by atoms with E-state index in [0.717, 1.165) is 9.90 Å². The number of halogens is 2. The number of methoxy groups -OCH3 is 1. The Kier molecular flexibility index (Phi) is 4.09. The fourth-order valence-corrected chi connectivity index (χ4v) is 2.62. The highest BCUT2D eigenvalue weighted by atomic mass is 35.5. The van der Waals surface area contributed by atoms with Crippen molar-refractivity contribution in [3.05, 3.63) is 45.4 Å². The number of rotatable bonds is 4. The molecule has 1 aromatic carbocycles. The second-order valence-corrected chi connectivity index (χ2v) is 5.44. The third-order valence-corrected chi connectivity index (χ3v) is 3.73. The van der Waals surface area contributed by atoms with Gasteiger partial charge < -0.3 is 10.1 Å². The lowest BCUT2D eigenvalue weighted by Crippen LogP contribution is -2.05. The van der Waals surface area contributed by atoms with Crippen LogP contribution < -0.4 is 10.1 Å². The Bertz CT molecular complexity index is 544. The molecular formula is C13H13ClFNOS. The number of thiophene rings is 1. The Morgan fingerprint density at radius 1 is 1.39 bits per heavy atom. The van der Waals surface area contributed by atoms with E-state index in [-0.39, 0.29) is 17.6 Å².